The van der Waals surface area contributed by atoms with Crippen LogP contribution in [0.25, 0.3) is 0 Å². The molecule has 116 valence electrons. The molecule has 0 aliphatic heterocycles. The van der Waals surface area contributed by atoms with Gasteiger partial charge in [0.15, 0.2) is 0 Å². The highest BCUT2D eigenvalue weighted by Crippen LogP contribution is 2.35. The van der Waals surface area contributed by atoms with E-state index >= 15 is 0 Å². The number of carboxylic acid groups (broad SMARTS) is 1. The first kappa shape index (κ1) is 15.5. The summed E-state index contributed by atoms with van der Waals surface area (Å²) in [5.74, 6) is -0.924. The fourth-order valence-electron chi connectivity index (χ4n) is 3.02. The molecule has 2 N–H and O–H groups in total. The van der Waals surface area contributed by atoms with Gasteiger partial charge in [0.05, 0.1) is 17.7 Å². The van der Waals surface area contributed by atoms with Crippen molar-refractivity contribution < 1.29 is 14.7 Å². The average molecular weight is 293 g/mol. The minimum Gasteiger partial charge on any atom is -0.481 e. The average Bonchev–Trinajstić information content (AvgIpc) is 2.58. The zero-order chi connectivity index (χ0) is 15.6. The molecule has 0 radical (unpaired) electrons. The van der Waals surface area contributed by atoms with Crippen LogP contribution in [0.1, 0.15) is 49.1 Å². The van der Waals surface area contributed by atoms with Crippen molar-refractivity contribution in [3.8, 4) is 0 Å². The first-order valence-corrected chi connectivity index (χ1v) is 7.35. The molecule has 6 heteroatoms. The van der Waals surface area contributed by atoms with Crippen LogP contribution in [0.4, 0.5) is 0 Å². The molecule has 0 aromatic carbocycles. The molecule has 0 saturated heterocycles. The normalized spacial score (nSPS) is 16.3. The molecule has 1 aromatic heterocycles. The SMILES string of the molecule is Cc1nn(C)c(C)c1CCC(=O)NC1(CC(=O)O)CCC1. The molecule has 0 spiro atoms. The van der Waals surface area contributed by atoms with Crippen LogP contribution < -0.4 is 5.32 Å². The Kier molecular flexibility index (Phi) is 4.34. The lowest BCUT2D eigenvalue weighted by Gasteiger charge is -2.41. The van der Waals surface area contributed by atoms with E-state index < -0.39 is 11.5 Å². The van der Waals surface area contributed by atoms with E-state index in [-0.39, 0.29) is 12.3 Å². The highest BCUT2D eigenvalue weighted by Gasteiger charge is 2.40. The Labute approximate surface area is 124 Å². The summed E-state index contributed by atoms with van der Waals surface area (Å²) in [6.07, 6.45) is 3.53. The number of carbonyl (C=O) groups excluding carboxylic acids is 1. The summed E-state index contributed by atoms with van der Waals surface area (Å²) in [5, 5.41) is 16.2. The van der Waals surface area contributed by atoms with E-state index in [9.17, 15) is 9.59 Å². The Bertz CT molecular complexity index is 559. The molecule has 0 unspecified atom stereocenters. The second kappa shape index (κ2) is 5.87. The zero-order valence-corrected chi connectivity index (χ0v) is 12.9. The topological polar surface area (TPSA) is 84.2 Å². The number of rotatable bonds is 6. The minimum atomic E-state index is -0.853. The zero-order valence-electron chi connectivity index (χ0n) is 12.9. The fourth-order valence-corrected chi connectivity index (χ4v) is 3.02. The maximum Gasteiger partial charge on any atom is 0.305 e. The largest absolute Gasteiger partial charge is 0.481 e. The Morgan fingerprint density at radius 3 is 2.48 bits per heavy atom. The van der Waals surface area contributed by atoms with Gasteiger partial charge in [-0.1, -0.05) is 0 Å². The van der Waals surface area contributed by atoms with Gasteiger partial charge >= 0.3 is 5.97 Å². The van der Waals surface area contributed by atoms with Crippen molar-refractivity contribution in [2.24, 2.45) is 7.05 Å². The lowest BCUT2D eigenvalue weighted by atomic mass is 9.74. The van der Waals surface area contributed by atoms with E-state index in [1.54, 1.807) is 0 Å². The van der Waals surface area contributed by atoms with Crippen molar-refractivity contribution in [3.63, 3.8) is 0 Å². The smallest absolute Gasteiger partial charge is 0.305 e. The third-order valence-electron chi connectivity index (χ3n) is 4.47. The Morgan fingerprint density at radius 2 is 2.05 bits per heavy atom. The maximum atomic E-state index is 12.1. The lowest BCUT2D eigenvalue weighted by Crippen LogP contribution is -2.54. The van der Waals surface area contributed by atoms with Crippen LogP contribution in [0, 0.1) is 13.8 Å². The number of aryl methyl sites for hydroxylation is 2. The van der Waals surface area contributed by atoms with Crippen molar-refractivity contribution >= 4 is 11.9 Å². The number of aromatic nitrogens is 2. The summed E-state index contributed by atoms with van der Waals surface area (Å²) in [4.78, 5) is 23.0. The Hall–Kier alpha value is -1.85. The summed E-state index contributed by atoms with van der Waals surface area (Å²) >= 11 is 0. The maximum absolute atomic E-state index is 12.1. The molecule has 1 saturated carbocycles. The molecule has 2 rings (SSSR count). The number of aliphatic carboxylic acids is 1. The quantitative estimate of drug-likeness (QED) is 0.832. The van der Waals surface area contributed by atoms with Gasteiger partial charge in [0.25, 0.3) is 0 Å². The summed E-state index contributed by atoms with van der Waals surface area (Å²) < 4.78 is 1.82. The molecule has 1 aliphatic rings. The third kappa shape index (κ3) is 3.43. The van der Waals surface area contributed by atoms with E-state index in [2.05, 4.69) is 10.4 Å². The number of carboxylic acids is 1. The van der Waals surface area contributed by atoms with E-state index in [1.165, 1.54) is 0 Å². The van der Waals surface area contributed by atoms with Crippen molar-refractivity contribution in [1.82, 2.24) is 15.1 Å². The molecule has 0 bridgehead atoms. The predicted molar refractivity (Wildman–Crippen MR) is 78.0 cm³/mol. The highest BCUT2D eigenvalue weighted by atomic mass is 16.4. The van der Waals surface area contributed by atoms with Gasteiger partial charge in [-0.05, 0) is 45.1 Å². The van der Waals surface area contributed by atoms with Crippen molar-refractivity contribution in [2.75, 3.05) is 0 Å². The molecule has 6 nitrogen and oxygen atoms in total. The lowest BCUT2D eigenvalue weighted by molar-refractivity contribution is -0.140. The summed E-state index contributed by atoms with van der Waals surface area (Å²) in [7, 11) is 1.89. The van der Waals surface area contributed by atoms with E-state index in [0.29, 0.717) is 12.8 Å². The van der Waals surface area contributed by atoms with Crippen LogP contribution in [0.3, 0.4) is 0 Å². The number of nitrogens with zero attached hydrogens (tertiary/aromatic N) is 2. The van der Waals surface area contributed by atoms with Gasteiger partial charge in [0.1, 0.15) is 0 Å². The summed E-state index contributed by atoms with van der Waals surface area (Å²) in [5.41, 5.74) is 2.62. The molecule has 0 atom stereocenters. The number of amides is 1. The van der Waals surface area contributed by atoms with Crippen molar-refractivity contribution in [2.45, 2.75) is 57.9 Å². The van der Waals surface area contributed by atoms with E-state index in [0.717, 1.165) is 36.2 Å². The third-order valence-corrected chi connectivity index (χ3v) is 4.47. The summed E-state index contributed by atoms with van der Waals surface area (Å²) in [6, 6.07) is 0. The monoisotopic (exact) mass is 293 g/mol. The molecule has 1 aromatic rings. The first-order valence-electron chi connectivity index (χ1n) is 7.35. The second-order valence-corrected chi connectivity index (χ2v) is 6.03. The van der Waals surface area contributed by atoms with Crippen LogP contribution in [-0.4, -0.2) is 32.3 Å². The number of hydrogen-bond donors (Lipinski definition) is 2. The predicted octanol–water partition coefficient (Wildman–Crippen LogP) is 1.48. The standard InChI is InChI=1S/C15H23N3O3/c1-10-12(11(2)18(3)17-10)5-6-13(19)16-15(7-4-8-15)9-14(20)21/h4-9H2,1-3H3,(H,16,19)(H,20,21). The van der Waals surface area contributed by atoms with Crippen LogP contribution in [0.5, 0.6) is 0 Å². The van der Waals surface area contributed by atoms with Gasteiger partial charge < -0.3 is 10.4 Å². The number of carbonyl (C=O) groups is 2. The van der Waals surface area contributed by atoms with Gasteiger partial charge in [-0.25, -0.2) is 0 Å². The molecule has 1 aliphatic carbocycles. The molecular formula is C15H23N3O3. The molecule has 1 fully saturated rings. The van der Waals surface area contributed by atoms with Gasteiger partial charge in [0.2, 0.25) is 5.91 Å². The molecule has 1 amide bonds. The number of hydrogen-bond acceptors (Lipinski definition) is 3. The van der Waals surface area contributed by atoms with E-state index in [4.69, 9.17) is 5.11 Å². The minimum absolute atomic E-state index is 0.0175. The summed E-state index contributed by atoms with van der Waals surface area (Å²) in [6.45, 7) is 3.93. The van der Waals surface area contributed by atoms with Gasteiger partial charge in [0, 0.05) is 19.2 Å². The van der Waals surface area contributed by atoms with E-state index in [1.807, 2.05) is 25.6 Å². The Balaban J connectivity index is 1.91. The molecular weight excluding hydrogens is 270 g/mol. The first-order chi connectivity index (χ1) is 9.83. The van der Waals surface area contributed by atoms with Crippen molar-refractivity contribution in [1.29, 1.82) is 0 Å². The van der Waals surface area contributed by atoms with Gasteiger partial charge in [-0.15, -0.1) is 0 Å². The van der Waals surface area contributed by atoms with Crippen LogP contribution in [-0.2, 0) is 23.1 Å². The Morgan fingerprint density at radius 1 is 1.38 bits per heavy atom. The number of nitrogens with one attached hydrogen (secondary N) is 1. The van der Waals surface area contributed by atoms with Gasteiger partial charge in [-0.2, -0.15) is 5.10 Å². The second-order valence-electron chi connectivity index (χ2n) is 6.03. The van der Waals surface area contributed by atoms with Gasteiger partial charge in [-0.3, -0.25) is 14.3 Å². The molecule has 21 heavy (non-hydrogen) atoms. The highest BCUT2D eigenvalue weighted by molar-refractivity contribution is 5.78. The van der Waals surface area contributed by atoms with Crippen LogP contribution in [0.2, 0.25) is 0 Å². The van der Waals surface area contributed by atoms with Crippen LogP contribution >= 0.6 is 0 Å². The fraction of sp³-hybridized carbons (Fsp3) is 0.667. The van der Waals surface area contributed by atoms with Crippen molar-refractivity contribution in [3.05, 3.63) is 17.0 Å². The van der Waals surface area contributed by atoms with Crippen LogP contribution in [0.15, 0.2) is 0 Å². The molecule has 1 heterocycles.